The van der Waals surface area contributed by atoms with Gasteiger partial charge < -0.3 is 4.90 Å². The fourth-order valence-electron chi connectivity index (χ4n) is 3.73. The van der Waals surface area contributed by atoms with E-state index in [0.29, 0.717) is 42.6 Å². The Kier molecular flexibility index (Phi) is 7.51. The molecule has 1 aliphatic heterocycles. The first-order valence-electron chi connectivity index (χ1n) is 10.1. The summed E-state index contributed by atoms with van der Waals surface area (Å²) in [4.78, 5) is 14.4. The number of aromatic amines is 1. The van der Waals surface area contributed by atoms with E-state index in [2.05, 4.69) is 10.2 Å². The first-order valence-corrected chi connectivity index (χ1v) is 12.3. The highest BCUT2D eigenvalue weighted by molar-refractivity contribution is 7.88. The standard InChI is InChI=1S/C20H24ClF3N4O3S/c1-32(30,31)28-9-4-5-14(12-28)8-10-27(13-15-6-2-3-7-16(15)21)19(29)17-11-18(26-25-17)20(22,23)24/h2-3,6-7,11,14H,4-5,8-10,12-13H2,1H3,(H,25,26). The van der Waals surface area contributed by atoms with E-state index >= 15 is 0 Å². The molecule has 7 nitrogen and oxygen atoms in total. The quantitative estimate of drug-likeness (QED) is 0.637. The van der Waals surface area contributed by atoms with Gasteiger partial charge in [-0.1, -0.05) is 29.8 Å². The fourth-order valence-corrected chi connectivity index (χ4v) is 4.87. The maximum absolute atomic E-state index is 13.0. The summed E-state index contributed by atoms with van der Waals surface area (Å²) in [6.07, 6.45) is -1.48. The molecule has 1 unspecified atom stereocenters. The third-order valence-corrected chi connectivity index (χ3v) is 7.10. The van der Waals surface area contributed by atoms with Crippen molar-refractivity contribution in [3.63, 3.8) is 0 Å². The first kappa shape index (κ1) is 24.5. The Hall–Kier alpha value is -2.11. The summed E-state index contributed by atoms with van der Waals surface area (Å²) in [5.74, 6) is -0.601. The van der Waals surface area contributed by atoms with Crippen LogP contribution in [0.2, 0.25) is 5.02 Å². The van der Waals surface area contributed by atoms with Gasteiger partial charge in [0.2, 0.25) is 10.0 Å². The van der Waals surface area contributed by atoms with Crippen LogP contribution < -0.4 is 0 Å². The van der Waals surface area contributed by atoms with Gasteiger partial charge in [-0.15, -0.1) is 0 Å². The number of carbonyl (C=O) groups is 1. The third-order valence-electron chi connectivity index (χ3n) is 5.46. The summed E-state index contributed by atoms with van der Waals surface area (Å²) in [7, 11) is -3.31. The van der Waals surface area contributed by atoms with E-state index in [1.165, 1.54) is 15.5 Å². The fraction of sp³-hybridized carbons (Fsp3) is 0.500. The largest absolute Gasteiger partial charge is 0.435 e. The molecule has 0 radical (unpaired) electrons. The molecule has 12 heteroatoms. The lowest BCUT2D eigenvalue weighted by Crippen LogP contribution is -2.41. The highest BCUT2D eigenvalue weighted by atomic mass is 35.5. The van der Waals surface area contributed by atoms with Gasteiger partial charge >= 0.3 is 6.18 Å². The maximum Gasteiger partial charge on any atom is 0.435 e. The van der Waals surface area contributed by atoms with Crippen molar-refractivity contribution in [2.24, 2.45) is 5.92 Å². The molecule has 2 heterocycles. The Morgan fingerprint density at radius 3 is 2.69 bits per heavy atom. The van der Waals surface area contributed by atoms with Gasteiger partial charge in [0.15, 0.2) is 5.69 Å². The van der Waals surface area contributed by atoms with Crippen LogP contribution in [0.25, 0.3) is 0 Å². The zero-order valence-electron chi connectivity index (χ0n) is 17.4. The summed E-state index contributed by atoms with van der Waals surface area (Å²) >= 11 is 6.22. The number of H-pyrrole nitrogens is 1. The van der Waals surface area contributed by atoms with Crippen molar-refractivity contribution in [2.45, 2.75) is 32.0 Å². The summed E-state index contributed by atoms with van der Waals surface area (Å²) in [6.45, 7) is 1.15. The molecule has 0 spiro atoms. The van der Waals surface area contributed by atoms with E-state index in [9.17, 15) is 26.4 Å². The topological polar surface area (TPSA) is 86.4 Å². The van der Waals surface area contributed by atoms with Crippen LogP contribution in [0.15, 0.2) is 30.3 Å². The lowest BCUT2D eigenvalue weighted by atomic mass is 9.96. The minimum absolute atomic E-state index is 0.0347. The second-order valence-electron chi connectivity index (χ2n) is 7.90. The normalized spacial score (nSPS) is 18.0. The average Bonchev–Trinajstić information content (AvgIpc) is 3.22. The Morgan fingerprint density at radius 1 is 1.34 bits per heavy atom. The zero-order chi connectivity index (χ0) is 23.5. The van der Waals surface area contributed by atoms with Crippen molar-refractivity contribution in [3.05, 3.63) is 52.3 Å². The van der Waals surface area contributed by atoms with Gasteiger partial charge in [0.05, 0.1) is 6.26 Å². The van der Waals surface area contributed by atoms with E-state index in [1.54, 1.807) is 24.3 Å². The Labute approximate surface area is 189 Å². The van der Waals surface area contributed by atoms with Crippen molar-refractivity contribution in [2.75, 3.05) is 25.9 Å². The number of sulfonamides is 1. The number of carbonyl (C=O) groups excluding carboxylic acids is 1. The van der Waals surface area contributed by atoms with Crippen LogP contribution in [0.4, 0.5) is 13.2 Å². The molecule has 1 aliphatic rings. The van der Waals surface area contributed by atoms with Gasteiger partial charge in [0, 0.05) is 37.3 Å². The number of nitrogens with one attached hydrogen (secondary N) is 1. The lowest BCUT2D eigenvalue weighted by molar-refractivity contribution is -0.141. The molecular weight excluding hydrogens is 469 g/mol. The van der Waals surface area contributed by atoms with E-state index in [0.717, 1.165) is 6.42 Å². The SMILES string of the molecule is CS(=O)(=O)N1CCCC(CCN(Cc2ccccc2Cl)C(=O)c2cc(C(F)(F)F)n[nH]2)C1. The average molecular weight is 493 g/mol. The number of aromatic nitrogens is 2. The number of rotatable bonds is 7. The summed E-state index contributed by atoms with van der Waals surface area (Å²) in [6, 6.07) is 7.59. The number of hydrogen-bond donors (Lipinski definition) is 1. The Balaban J connectivity index is 1.77. The van der Waals surface area contributed by atoms with Crippen molar-refractivity contribution in [3.8, 4) is 0 Å². The van der Waals surface area contributed by atoms with Gasteiger partial charge in [-0.2, -0.15) is 18.3 Å². The van der Waals surface area contributed by atoms with Gasteiger partial charge in [0.1, 0.15) is 5.69 Å². The monoisotopic (exact) mass is 492 g/mol. The lowest BCUT2D eigenvalue weighted by Gasteiger charge is -2.32. The second-order valence-corrected chi connectivity index (χ2v) is 10.3. The second kappa shape index (κ2) is 9.80. The molecule has 1 fully saturated rings. The van der Waals surface area contributed by atoms with Gasteiger partial charge in [-0.3, -0.25) is 9.89 Å². The number of nitrogens with zero attached hydrogens (tertiary/aromatic N) is 3. The highest BCUT2D eigenvalue weighted by Crippen LogP contribution is 2.28. The van der Waals surface area contributed by atoms with Crippen molar-refractivity contribution >= 4 is 27.5 Å². The molecule has 32 heavy (non-hydrogen) atoms. The molecule has 1 N–H and O–H groups in total. The summed E-state index contributed by atoms with van der Waals surface area (Å²) < 4.78 is 63.9. The van der Waals surface area contributed by atoms with Gasteiger partial charge in [-0.25, -0.2) is 12.7 Å². The third kappa shape index (κ3) is 6.23. The molecule has 1 saturated heterocycles. The van der Waals surface area contributed by atoms with Crippen LogP contribution >= 0.6 is 11.6 Å². The van der Waals surface area contributed by atoms with Crippen molar-refractivity contribution in [1.82, 2.24) is 19.4 Å². The molecule has 0 aliphatic carbocycles. The first-order chi connectivity index (χ1) is 14.9. The highest BCUT2D eigenvalue weighted by Gasteiger charge is 2.35. The smallest absolute Gasteiger partial charge is 0.333 e. The molecule has 1 aromatic carbocycles. The Bertz CT molecular complexity index is 1060. The van der Waals surface area contributed by atoms with E-state index in [1.807, 2.05) is 0 Å². The maximum atomic E-state index is 13.0. The molecule has 0 bridgehead atoms. The van der Waals surface area contributed by atoms with Crippen LogP contribution in [0.1, 0.15) is 41.0 Å². The molecular formula is C20H24ClF3N4O3S. The molecule has 1 aromatic heterocycles. The Morgan fingerprint density at radius 2 is 2.06 bits per heavy atom. The predicted octanol–water partition coefficient (Wildman–Crippen LogP) is 3.79. The predicted molar refractivity (Wildman–Crippen MR) is 114 cm³/mol. The van der Waals surface area contributed by atoms with Crippen molar-refractivity contribution in [1.29, 1.82) is 0 Å². The number of benzene rings is 1. The zero-order valence-corrected chi connectivity index (χ0v) is 19.0. The number of alkyl halides is 3. The van der Waals surface area contributed by atoms with E-state index < -0.39 is 27.8 Å². The minimum Gasteiger partial charge on any atom is -0.333 e. The number of piperidine rings is 1. The summed E-state index contributed by atoms with van der Waals surface area (Å²) in [5, 5.41) is 5.82. The number of hydrogen-bond acceptors (Lipinski definition) is 4. The number of halogens is 4. The van der Waals surface area contributed by atoms with Gasteiger partial charge in [0.25, 0.3) is 5.91 Å². The minimum atomic E-state index is -4.67. The van der Waals surface area contributed by atoms with Crippen LogP contribution in [-0.2, 0) is 22.7 Å². The van der Waals surface area contributed by atoms with Crippen LogP contribution in [-0.4, -0.2) is 59.6 Å². The molecule has 2 aromatic rings. The van der Waals surface area contributed by atoms with E-state index in [-0.39, 0.29) is 24.7 Å². The van der Waals surface area contributed by atoms with Crippen LogP contribution in [0.3, 0.4) is 0 Å². The van der Waals surface area contributed by atoms with E-state index in [4.69, 9.17) is 11.6 Å². The van der Waals surface area contributed by atoms with Crippen molar-refractivity contribution < 1.29 is 26.4 Å². The summed E-state index contributed by atoms with van der Waals surface area (Å²) in [5.41, 5.74) is -0.792. The van der Waals surface area contributed by atoms with Crippen LogP contribution in [0, 0.1) is 5.92 Å². The molecule has 1 atom stereocenters. The molecule has 0 saturated carbocycles. The number of amides is 1. The van der Waals surface area contributed by atoms with Gasteiger partial charge in [-0.05, 0) is 36.8 Å². The van der Waals surface area contributed by atoms with Crippen LogP contribution in [0.5, 0.6) is 0 Å². The molecule has 176 valence electrons. The molecule has 1 amide bonds. The molecule has 3 rings (SSSR count).